The third-order valence-electron chi connectivity index (χ3n) is 2.81. The monoisotopic (exact) mass is 255 g/mol. The molecule has 1 heterocycles. The number of nitrogens with one attached hydrogen (secondary N) is 1. The van der Waals surface area contributed by atoms with Crippen LogP contribution in [0.3, 0.4) is 0 Å². The highest BCUT2D eigenvalue weighted by Gasteiger charge is 2.14. The number of amides is 1. The van der Waals surface area contributed by atoms with E-state index in [1.54, 1.807) is 24.2 Å². The summed E-state index contributed by atoms with van der Waals surface area (Å²) in [7, 11) is 1.75. The standard InChI is InChI=1S/C15H17N3O/c1-3-16-12-9-10-14(17-11-12)15(19)18(2)13-7-5-4-6-8-13/h4-11,16H,3H2,1-2H3. The molecule has 0 radical (unpaired) electrons. The van der Waals surface area contributed by atoms with Crippen LogP contribution in [0.15, 0.2) is 48.7 Å². The van der Waals surface area contributed by atoms with Crippen molar-refractivity contribution >= 4 is 17.3 Å². The minimum absolute atomic E-state index is 0.116. The molecule has 0 bridgehead atoms. The zero-order valence-electron chi connectivity index (χ0n) is 11.1. The van der Waals surface area contributed by atoms with Gasteiger partial charge in [-0.2, -0.15) is 0 Å². The quantitative estimate of drug-likeness (QED) is 0.913. The van der Waals surface area contributed by atoms with Crippen LogP contribution >= 0.6 is 0 Å². The molecule has 1 aromatic carbocycles. The first kappa shape index (κ1) is 13.1. The zero-order valence-corrected chi connectivity index (χ0v) is 11.1. The predicted molar refractivity (Wildman–Crippen MR) is 77.6 cm³/mol. The van der Waals surface area contributed by atoms with Gasteiger partial charge in [0.15, 0.2) is 0 Å². The van der Waals surface area contributed by atoms with E-state index in [2.05, 4.69) is 10.3 Å². The number of para-hydroxylation sites is 1. The highest BCUT2D eigenvalue weighted by molar-refractivity contribution is 6.04. The van der Waals surface area contributed by atoms with Crippen molar-refractivity contribution in [2.75, 3.05) is 23.8 Å². The Hall–Kier alpha value is -2.36. The van der Waals surface area contributed by atoms with Crippen molar-refractivity contribution in [1.82, 2.24) is 4.98 Å². The van der Waals surface area contributed by atoms with Crippen molar-refractivity contribution in [3.63, 3.8) is 0 Å². The fourth-order valence-corrected chi connectivity index (χ4v) is 1.77. The minimum atomic E-state index is -0.116. The fourth-order valence-electron chi connectivity index (χ4n) is 1.77. The molecule has 0 saturated carbocycles. The summed E-state index contributed by atoms with van der Waals surface area (Å²) in [5, 5.41) is 3.15. The Balaban J connectivity index is 2.15. The van der Waals surface area contributed by atoms with Crippen LogP contribution in [0.5, 0.6) is 0 Å². The van der Waals surface area contributed by atoms with Crippen molar-refractivity contribution in [1.29, 1.82) is 0 Å². The fraction of sp³-hybridized carbons (Fsp3) is 0.200. The molecule has 4 heteroatoms. The largest absolute Gasteiger partial charge is 0.384 e. The maximum absolute atomic E-state index is 12.3. The lowest BCUT2D eigenvalue weighted by molar-refractivity contribution is 0.0988. The number of pyridine rings is 1. The Labute approximate surface area is 113 Å². The maximum Gasteiger partial charge on any atom is 0.276 e. The molecule has 0 fully saturated rings. The van der Waals surface area contributed by atoms with Crippen LogP contribution < -0.4 is 10.2 Å². The lowest BCUT2D eigenvalue weighted by Crippen LogP contribution is -2.26. The molecule has 19 heavy (non-hydrogen) atoms. The second kappa shape index (κ2) is 6.00. The van der Waals surface area contributed by atoms with Gasteiger partial charge in [-0.1, -0.05) is 18.2 Å². The molecule has 1 aromatic heterocycles. The van der Waals surface area contributed by atoms with Crippen molar-refractivity contribution in [3.8, 4) is 0 Å². The summed E-state index contributed by atoms with van der Waals surface area (Å²) >= 11 is 0. The highest BCUT2D eigenvalue weighted by Crippen LogP contribution is 2.14. The van der Waals surface area contributed by atoms with E-state index in [0.29, 0.717) is 5.69 Å². The summed E-state index contributed by atoms with van der Waals surface area (Å²) in [6.45, 7) is 2.85. The van der Waals surface area contributed by atoms with Gasteiger partial charge in [-0.05, 0) is 31.2 Å². The third-order valence-corrected chi connectivity index (χ3v) is 2.81. The first-order chi connectivity index (χ1) is 9.22. The lowest BCUT2D eigenvalue weighted by Gasteiger charge is -2.16. The molecule has 2 aromatic rings. The Morgan fingerprint density at radius 1 is 1.21 bits per heavy atom. The Morgan fingerprint density at radius 2 is 1.95 bits per heavy atom. The molecule has 4 nitrogen and oxygen atoms in total. The molecule has 0 aliphatic carbocycles. The molecule has 0 spiro atoms. The van der Waals surface area contributed by atoms with Crippen LogP contribution in [0.1, 0.15) is 17.4 Å². The van der Waals surface area contributed by atoms with Crippen molar-refractivity contribution < 1.29 is 4.79 Å². The van der Waals surface area contributed by atoms with Gasteiger partial charge in [-0.15, -0.1) is 0 Å². The van der Waals surface area contributed by atoms with Gasteiger partial charge in [0.05, 0.1) is 11.9 Å². The van der Waals surface area contributed by atoms with Crippen LogP contribution in [0, 0.1) is 0 Å². The Morgan fingerprint density at radius 3 is 2.53 bits per heavy atom. The average Bonchev–Trinajstić information content (AvgIpc) is 2.48. The number of aromatic nitrogens is 1. The van der Waals surface area contributed by atoms with E-state index < -0.39 is 0 Å². The first-order valence-electron chi connectivity index (χ1n) is 6.25. The number of rotatable bonds is 4. The number of hydrogen-bond acceptors (Lipinski definition) is 3. The summed E-state index contributed by atoms with van der Waals surface area (Å²) in [5.74, 6) is -0.116. The number of hydrogen-bond donors (Lipinski definition) is 1. The number of nitrogens with zero attached hydrogens (tertiary/aromatic N) is 2. The molecule has 0 aliphatic rings. The number of benzene rings is 1. The number of carbonyl (C=O) groups excluding carboxylic acids is 1. The molecule has 1 N–H and O–H groups in total. The minimum Gasteiger partial charge on any atom is -0.384 e. The predicted octanol–water partition coefficient (Wildman–Crippen LogP) is 2.79. The Kier molecular flexibility index (Phi) is 4.13. The molecule has 1 amide bonds. The van der Waals surface area contributed by atoms with E-state index in [1.807, 2.05) is 43.3 Å². The molecule has 0 saturated heterocycles. The van der Waals surface area contributed by atoms with Gasteiger partial charge < -0.3 is 10.2 Å². The van der Waals surface area contributed by atoms with Crippen molar-refractivity contribution in [2.24, 2.45) is 0 Å². The van der Waals surface area contributed by atoms with Crippen LogP contribution in [-0.4, -0.2) is 24.5 Å². The molecule has 0 aliphatic heterocycles. The van der Waals surface area contributed by atoms with Crippen molar-refractivity contribution in [2.45, 2.75) is 6.92 Å². The molecular weight excluding hydrogens is 238 g/mol. The van der Waals surface area contributed by atoms with Crippen LogP contribution in [-0.2, 0) is 0 Å². The van der Waals surface area contributed by atoms with Gasteiger partial charge in [-0.25, -0.2) is 4.98 Å². The van der Waals surface area contributed by atoms with E-state index >= 15 is 0 Å². The van der Waals surface area contributed by atoms with E-state index in [-0.39, 0.29) is 5.91 Å². The normalized spacial score (nSPS) is 10.0. The van der Waals surface area contributed by atoms with E-state index in [0.717, 1.165) is 17.9 Å². The average molecular weight is 255 g/mol. The van der Waals surface area contributed by atoms with Crippen LogP contribution in [0.2, 0.25) is 0 Å². The molecule has 0 unspecified atom stereocenters. The number of anilines is 2. The SMILES string of the molecule is CCNc1ccc(C(=O)N(C)c2ccccc2)nc1. The summed E-state index contributed by atoms with van der Waals surface area (Å²) in [6.07, 6.45) is 1.68. The van der Waals surface area contributed by atoms with E-state index in [4.69, 9.17) is 0 Å². The van der Waals surface area contributed by atoms with E-state index in [1.165, 1.54) is 0 Å². The van der Waals surface area contributed by atoms with Gasteiger partial charge >= 0.3 is 0 Å². The van der Waals surface area contributed by atoms with Gasteiger partial charge in [0.25, 0.3) is 5.91 Å². The van der Waals surface area contributed by atoms with E-state index in [9.17, 15) is 4.79 Å². The van der Waals surface area contributed by atoms with Crippen molar-refractivity contribution in [3.05, 3.63) is 54.4 Å². The smallest absolute Gasteiger partial charge is 0.276 e. The second-order valence-corrected chi connectivity index (χ2v) is 4.16. The Bertz CT molecular complexity index is 537. The second-order valence-electron chi connectivity index (χ2n) is 4.16. The molecular formula is C15H17N3O. The molecule has 0 atom stereocenters. The molecule has 98 valence electrons. The van der Waals surface area contributed by atoms with Crippen LogP contribution in [0.25, 0.3) is 0 Å². The summed E-state index contributed by atoms with van der Waals surface area (Å²) in [4.78, 5) is 18.0. The number of carbonyl (C=O) groups is 1. The van der Waals surface area contributed by atoms with Gasteiger partial charge in [-0.3, -0.25) is 4.79 Å². The molecule has 2 rings (SSSR count). The lowest BCUT2D eigenvalue weighted by atomic mass is 10.2. The van der Waals surface area contributed by atoms with Crippen LogP contribution in [0.4, 0.5) is 11.4 Å². The topological polar surface area (TPSA) is 45.2 Å². The summed E-state index contributed by atoms with van der Waals surface area (Å²) in [6, 6.07) is 13.1. The zero-order chi connectivity index (χ0) is 13.7. The summed E-state index contributed by atoms with van der Waals surface area (Å²) in [5.41, 5.74) is 2.21. The summed E-state index contributed by atoms with van der Waals surface area (Å²) < 4.78 is 0. The maximum atomic E-state index is 12.3. The van der Waals surface area contributed by atoms with Gasteiger partial charge in [0.1, 0.15) is 5.69 Å². The third kappa shape index (κ3) is 3.10. The first-order valence-corrected chi connectivity index (χ1v) is 6.25. The van der Waals surface area contributed by atoms with Gasteiger partial charge in [0, 0.05) is 19.3 Å². The van der Waals surface area contributed by atoms with Gasteiger partial charge in [0.2, 0.25) is 0 Å². The highest BCUT2D eigenvalue weighted by atomic mass is 16.2.